The second-order valence-electron chi connectivity index (χ2n) is 4.43. The molecule has 0 rings (SSSR count). The van der Waals surface area contributed by atoms with Crippen molar-refractivity contribution in [1.82, 2.24) is 5.32 Å². The third kappa shape index (κ3) is 5.44. The summed E-state index contributed by atoms with van der Waals surface area (Å²) in [5.74, 6) is -0.531. The smallest absolute Gasteiger partial charge is 0.311 e. The number of carboxylic acid groups (broad SMARTS) is 1. The van der Waals surface area contributed by atoms with Crippen molar-refractivity contribution < 1.29 is 14.7 Å². The summed E-state index contributed by atoms with van der Waals surface area (Å²) in [5.41, 5.74) is -0.821. The number of carboxylic acids is 1. The van der Waals surface area contributed by atoms with Gasteiger partial charge >= 0.3 is 5.97 Å². The first-order chi connectivity index (χ1) is 7.88. The molecule has 0 aromatic rings. The van der Waals surface area contributed by atoms with E-state index >= 15 is 0 Å². The molecule has 0 spiro atoms. The molecule has 17 heavy (non-hydrogen) atoms. The lowest BCUT2D eigenvalue weighted by molar-refractivity contribution is -0.149. The molecule has 4 nitrogen and oxygen atoms in total. The summed E-state index contributed by atoms with van der Waals surface area (Å²) < 4.78 is 0. The number of rotatable bonds is 8. The van der Waals surface area contributed by atoms with Gasteiger partial charge in [0.15, 0.2) is 0 Å². The van der Waals surface area contributed by atoms with Gasteiger partial charge < -0.3 is 10.4 Å². The Kier molecular flexibility index (Phi) is 7.27. The molecule has 0 aliphatic heterocycles. The molecule has 0 fully saturated rings. The van der Waals surface area contributed by atoms with Crippen LogP contribution in [0.2, 0.25) is 0 Å². The Bertz CT molecular complexity index is 262. The van der Waals surface area contributed by atoms with Crippen LogP contribution in [0.1, 0.15) is 40.5 Å². The summed E-state index contributed by atoms with van der Waals surface area (Å²) in [6.07, 6.45) is 1.05. The maximum absolute atomic E-state index is 11.5. The van der Waals surface area contributed by atoms with Gasteiger partial charge in [0, 0.05) is 6.54 Å². The normalized spacial score (nSPS) is 11.6. The SMILES string of the molecule is CCC(CC)(CNC(=O)CSC(C)C)C(=O)O. The Labute approximate surface area is 108 Å². The second kappa shape index (κ2) is 7.58. The number of carbonyl (C=O) groups is 2. The number of thioether (sulfide) groups is 1. The van der Waals surface area contributed by atoms with Gasteiger partial charge in [-0.05, 0) is 18.1 Å². The van der Waals surface area contributed by atoms with Gasteiger partial charge in [-0.15, -0.1) is 11.8 Å². The topological polar surface area (TPSA) is 66.4 Å². The van der Waals surface area contributed by atoms with Crippen molar-refractivity contribution in [2.45, 2.75) is 45.8 Å². The highest BCUT2D eigenvalue weighted by atomic mass is 32.2. The van der Waals surface area contributed by atoms with Crippen LogP contribution in [0.15, 0.2) is 0 Å². The van der Waals surface area contributed by atoms with Crippen molar-refractivity contribution in [2.24, 2.45) is 5.41 Å². The first kappa shape index (κ1) is 16.3. The van der Waals surface area contributed by atoms with Gasteiger partial charge in [-0.3, -0.25) is 9.59 Å². The molecule has 0 aromatic carbocycles. The average molecular weight is 261 g/mol. The zero-order chi connectivity index (χ0) is 13.5. The number of hydrogen-bond donors (Lipinski definition) is 2. The van der Waals surface area contributed by atoms with Gasteiger partial charge in [0.05, 0.1) is 11.2 Å². The quantitative estimate of drug-likeness (QED) is 0.702. The molecule has 0 radical (unpaired) electrons. The van der Waals surface area contributed by atoms with Gasteiger partial charge in [-0.25, -0.2) is 0 Å². The molecule has 5 heteroatoms. The maximum Gasteiger partial charge on any atom is 0.311 e. The van der Waals surface area contributed by atoms with E-state index in [9.17, 15) is 14.7 Å². The van der Waals surface area contributed by atoms with E-state index in [2.05, 4.69) is 5.32 Å². The summed E-state index contributed by atoms with van der Waals surface area (Å²) in [6.45, 7) is 7.95. The van der Waals surface area contributed by atoms with E-state index in [4.69, 9.17) is 0 Å². The van der Waals surface area contributed by atoms with Crippen molar-refractivity contribution in [3.8, 4) is 0 Å². The average Bonchev–Trinajstić information content (AvgIpc) is 2.28. The summed E-state index contributed by atoms with van der Waals surface area (Å²) >= 11 is 1.55. The molecule has 0 aliphatic rings. The third-order valence-electron chi connectivity index (χ3n) is 2.98. The van der Waals surface area contributed by atoms with Crippen molar-refractivity contribution in [3.63, 3.8) is 0 Å². The highest BCUT2D eigenvalue weighted by Gasteiger charge is 2.34. The fourth-order valence-corrected chi connectivity index (χ4v) is 2.03. The van der Waals surface area contributed by atoms with E-state index in [1.807, 2.05) is 27.7 Å². The van der Waals surface area contributed by atoms with E-state index in [1.165, 1.54) is 0 Å². The molecule has 0 heterocycles. The predicted molar refractivity (Wildman–Crippen MR) is 71.3 cm³/mol. The van der Waals surface area contributed by atoms with Gasteiger partial charge in [0.1, 0.15) is 0 Å². The number of carbonyl (C=O) groups excluding carboxylic acids is 1. The number of aliphatic carboxylic acids is 1. The maximum atomic E-state index is 11.5. The van der Waals surface area contributed by atoms with Crippen LogP contribution in [0.25, 0.3) is 0 Å². The predicted octanol–water partition coefficient (Wildman–Crippen LogP) is 2.14. The molecule has 0 unspecified atom stereocenters. The fourth-order valence-electron chi connectivity index (χ4n) is 1.44. The van der Waals surface area contributed by atoms with Crippen LogP contribution in [0, 0.1) is 5.41 Å². The molecule has 0 atom stereocenters. The van der Waals surface area contributed by atoms with Crippen molar-refractivity contribution in [2.75, 3.05) is 12.3 Å². The monoisotopic (exact) mass is 261 g/mol. The van der Waals surface area contributed by atoms with Gasteiger partial charge in [-0.2, -0.15) is 0 Å². The zero-order valence-corrected chi connectivity index (χ0v) is 11.9. The van der Waals surface area contributed by atoms with Crippen LogP contribution in [0.3, 0.4) is 0 Å². The molecule has 2 N–H and O–H groups in total. The van der Waals surface area contributed by atoms with Crippen LogP contribution in [0.5, 0.6) is 0 Å². The van der Waals surface area contributed by atoms with Crippen LogP contribution >= 0.6 is 11.8 Å². The van der Waals surface area contributed by atoms with Crippen LogP contribution in [0.4, 0.5) is 0 Å². The fraction of sp³-hybridized carbons (Fsp3) is 0.833. The standard InChI is InChI=1S/C12H23NO3S/c1-5-12(6-2,11(15)16)8-13-10(14)7-17-9(3)4/h9H,5-8H2,1-4H3,(H,13,14)(H,15,16). The lowest BCUT2D eigenvalue weighted by Gasteiger charge is -2.26. The Morgan fingerprint density at radius 2 is 1.82 bits per heavy atom. The molecule has 100 valence electrons. The van der Waals surface area contributed by atoms with Gasteiger partial charge in [0.25, 0.3) is 0 Å². The Morgan fingerprint density at radius 1 is 1.29 bits per heavy atom. The minimum atomic E-state index is -0.834. The van der Waals surface area contributed by atoms with Crippen LogP contribution < -0.4 is 5.32 Å². The molecule has 0 aromatic heterocycles. The first-order valence-corrected chi connectivity index (χ1v) is 7.04. The van der Waals surface area contributed by atoms with E-state index in [0.717, 1.165) is 0 Å². The highest BCUT2D eigenvalue weighted by Crippen LogP contribution is 2.25. The molecule has 0 bridgehead atoms. The van der Waals surface area contributed by atoms with Crippen molar-refractivity contribution >= 4 is 23.6 Å². The molecular formula is C12H23NO3S. The van der Waals surface area contributed by atoms with E-state index < -0.39 is 11.4 Å². The Balaban J connectivity index is 4.22. The van der Waals surface area contributed by atoms with Crippen molar-refractivity contribution in [1.29, 1.82) is 0 Å². The third-order valence-corrected chi connectivity index (χ3v) is 4.07. The zero-order valence-electron chi connectivity index (χ0n) is 11.1. The molecule has 0 saturated carbocycles. The Hall–Kier alpha value is -0.710. The highest BCUT2D eigenvalue weighted by molar-refractivity contribution is 8.00. The first-order valence-electron chi connectivity index (χ1n) is 5.99. The minimum absolute atomic E-state index is 0.0868. The number of nitrogens with one attached hydrogen (secondary N) is 1. The van der Waals surface area contributed by atoms with E-state index in [0.29, 0.717) is 23.8 Å². The molecular weight excluding hydrogens is 238 g/mol. The van der Waals surface area contributed by atoms with Gasteiger partial charge in [-0.1, -0.05) is 27.7 Å². The molecule has 0 aliphatic carbocycles. The number of hydrogen-bond acceptors (Lipinski definition) is 3. The molecule has 0 saturated heterocycles. The second-order valence-corrected chi connectivity index (χ2v) is 5.99. The summed E-state index contributed by atoms with van der Waals surface area (Å²) in [5, 5.41) is 12.3. The van der Waals surface area contributed by atoms with E-state index in [1.54, 1.807) is 11.8 Å². The van der Waals surface area contributed by atoms with E-state index in [-0.39, 0.29) is 12.5 Å². The van der Waals surface area contributed by atoms with Crippen molar-refractivity contribution in [3.05, 3.63) is 0 Å². The Morgan fingerprint density at radius 3 is 2.18 bits per heavy atom. The summed E-state index contributed by atoms with van der Waals surface area (Å²) in [6, 6.07) is 0. The van der Waals surface area contributed by atoms with Gasteiger partial charge in [0.2, 0.25) is 5.91 Å². The lowest BCUT2D eigenvalue weighted by Crippen LogP contribution is -2.43. The molecule has 1 amide bonds. The summed E-state index contributed by atoms with van der Waals surface area (Å²) in [4.78, 5) is 22.7. The number of amides is 1. The van der Waals surface area contributed by atoms with Crippen LogP contribution in [-0.2, 0) is 9.59 Å². The van der Waals surface area contributed by atoms with Crippen LogP contribution in [-0.4, -0.2) is 34.5 Å². The minimum Gasteiger partial charge on any atom is -0.481 e. The summed E-state index contributed by atoms with van der Waals surface area (Å²) in [7, 11) is 0. The largest absolute Gasteiger partial charge is 0.481 e. The lowest BCUT2D eigenvalue weighted by atomic mass is 9.82.